The van der Waals surface area contributed by atoms with Crippen molar-refractivity contribution in [2.45, 2.75) is 31.6 Å². The molecular weight excluding hydrogens is 338 g/mol. The van der Waals surface area contributed by atoms with E-state index in [1.54, 1.807) is 0 Å². The highest BCUT2D eigenvalue weighted by molar-refractivity contribution is 5.92. The minimum absolute atomic E-state index is 0.0660. The van der Waals surface area contributed by atoms with Crippen molar-refractivity contribution in [2.24, 2.45) is 5.73 Å². The first-order valence-corrected chi connectivity index (χ1v) is 9.44. The van der Waals surface area contributed by atoms with Gasteiger partial charge in [-0.15, -0.1) is 0 Å². The summed E-state index contributed by atoms with van der Waals surface area (Å²) >= 11 is 0. The largest absolute Gasteiger partial charge is 0.369 e. The van der Waals surface area contributed by atoms with Crippen LogP contribution in [-0.2, 0) is 21.4 Å². The molecule has 1 unspecified atom stereocenters. The van der Waals surface area contributed by atoms with Gasteiger partial charge in [0.2, 0.25) is 11.8 Å². The Balaban J connectivity index is 1.67. The smallest absolute Gasteiger partial charge is 0.229 e. The van der Waals surface area contributed by atoms with Crippen molar-refractivity contribution in [1.29, 1.82) is 0 Å². The summed E-state index contributed by atoms with van der Waals surface area (Å²) in [6.45, 7) is 4.55. The van der Waals surface area contributed by atoms with E-state index >= 15 is 0 Å². The molecule has 3 rings (SSSR count). The lowest BCUT2D eigenvalue weighted by Crippen LogP contribution is -2.47. The van der Waals surface area contributed by atoms with Crippen molar-refractivity contribution in [1.82, 2.24) is 4.90 Å². The van der Waals surface area contributed by atoms with Crippen LogP contribution in [-0.4, -0.2) is 36.3 Å². The summed E-state index contributed by atoms with van der Waals surface area (Å²) in [6, 6.07) is 17.1. The van der Waals surface area contributed by atoms with E-state index in [0.29, 0.717) is 18.7 Å². The van der Waals surface area contributed by atoms with Crippen molar-refractivity contribution in [3.63, 3.8) is 0 Å². The fourth-order valence-corrected chi connectivity index (χ4v) is 3.61. The van der Waals surface area contributed by atoms with Gasteiger partial charge in [-0.25, -0.2) is 0 Å². The summed E-state index contributed by atoms with van der Waals surface area (Å²) in [5.74, 6) is -0.390. The number of nitrogens with one attached hydrogen (secondary N) is 1. The van der Waals surface area contributed by atoms with Gasteiger partial charge in [-0.05, 0) is 56.1 Å². The number of carbonyl (C=O) groups is 2. The van der Waals surface area contributed by atoms with Crippen molar-refractivity contribution < 1.29 is 9.59 Å². The van der Waals surface area contributed by atoms with E-state index in [1.165, 1.54) is 12.8 Å². The molecule has 2 aromatic rings. The van der Waals surface area contributed by atoms with Crippen LogP contribution in [0.4, 0.5) is 5.69 Å². The van der Waals surface area contributed by atoms with E-state index in [9.17, 15) is 9.59 Å². The van der Waals surface area contributed by atoms with Gasteiger partial charge in [-0.3, -0.25) is 9.59 Å². The molecule has 27 heavy (non-hydrogen) atoms. The van der Waals surface area contributed by atoms with Crippen molar-refractivity contribution in [3.05, 3.63) is 65.7 Å². The zero-order valence-corrected chi connectivity index (χ0v) is 15.8. The zero-order valence-electron chi connectivity index (χ0n) is 15.8. The molecule has 1 atom stereocenters. The van der Waals surface area contributed by atoms with Crippen LogP contribution in [0.25, 0.3) is 0 Å². The molecule has 0 bridgehead atoms. The molecule has 3 N–H and O–H groups in total. The Morgan fingerprint density at radius 3 is 2.26 bits per heavy atom. The maximum Gasteiger partial charge on any atom is 0.229 e. The van der Waals surface area contributed by atoms with E-state index < -0.39 is 5.41 Å². The Hall–Kier alpha value is -2.66. The van der Waals surface area contributed by atoms with Gasteiger partial charge >= 0.3 is 0 Å². The molecule has 2 aromatic carbocycles. The molecule has 1 aliphatic rings. The van der Waals surface area contributed by atoms with Crippen LogP contribution in [0.3, 0.4) is 0 Å². The van der Waals surface area contributed by atoms with Gasteiger partial charge in [0.25, 0.3) is 0 Å². The summed E-state index contributed by atoms with van der Waals surface area (Å²) in [4.78, 5) is 26.7. The number of nitrogens with two attached hydrogens (primary N) is 1. The van der Waals surface area contributed by atoms with Crippen molar-refractivity contribution >= 4 is 17.5 Å². The second-order valence-electron chi connectivity index (χ2n) is 7.47. The van der Waals surface area contributed by atoms with E-state index in [4.69, 9.17) is 5.73 Å². The standard InChI is InChI=1S/C22H27N3O2/c1-22(21(23)27,16-25-13-5-6-14-25)18-9-11-19(12-10-18)24-20(26)15-17-7-3-2-4-8-17/h2-4,7-12H,5-6,13-16H2,1H3,(H2,23,27)(H,24,26). The Kier molecular flexibility index (Phi) is 5.91. The molecular formula is C22H27N3O2. The fraction of sp³-hybridized carbons (Fsp3) is 0.364. The average molecular weight is 365 g/mol. The van der Waals surface area contributed by atoms with Gasteiger partial charge in [0.15, 0.2) is 0 Å². The van der Waals surface area contributed by atoms with E-state index in [2.05, 4.69) is 10.2 Å². The molecule has 1 aliphatic heterocycles. The van der Waals surface area contributed by atoms with Crippen LogP contribution in [0.2, 0.25) is 0 Å². The Labute approximate surface area is 160 Å². The topological polar surface area (TPSA) is 75.4 Å². The highest BCUT2D eigenvalue weighted by Crippen LogP contribution is 2.27. The SMILES string of the molecule is CC(CN1CCCC1)(C(N)=O)c1ccc(NC(=O)Cc2ccccc2)cc1. The van der Waals surface area contributed by atoms with Gasteiger partial charge < -0.3 is 16.0 Å². The number of hydrogen-bond acceptors (Lipinski definition) is 3. The molecule has 1 fully saturated rings. The number of carbonyl (C=O) groups excluding carboxylic acids is 2. The molecule has 0 aliphatic carbocycles. The molecule has 1 heterocycles. The second-order valence-corrected chi connectivity index (χ2v) is 7.47. The van der Waals surface area contributed by atoms with Gasteiger partial charge in [0, 0.05) is 12.2 Å². The van der Waals surface area contributed by atoms with Crippen molar-refractivity contribution in [3.8, 4) is 0 Å². The Morgan fingerprint density at radius 1 is 1.04 bits per heavy atom. The first-order chi connectivity index (χ1) is 13.0. The molecule has 1 saturated heterocycles. The third-order valence-corrected chi connectivity index (χ3v) is 5.30. The number of benzene rings is 2. The van der Waals surface area contributed by atoms with Crippen LogP contribution < -0.4 is 11.1 Å². The minimum atomic E-state index is -0.739. The van der Waals surface area contributed by atoms with Crippen LogP contribution in [0, 0.1) is 0 Å². The van der Waals surface area contributed by atoms with Gasteiger partial charge in [-0.1, -0.05) is 42.5 Å². The van der Waals surface area contributed by atoms with E-state index in [1.807, 2.05) is 61.5 Å². The molecule has 2 amide bonds. The lowest BCUT2D eigenvalue weighted by molar-refractivity contribution is -0.123. The molecule has 0 saturated carbocycles. The summed E-state index contributed by atoms with van der Waals surface area (Å²) in [7, 11) is 0. The lowest BCUT2D eigenvalue weighted by Gasteiger charge is -2.31. The van der Waals surface area contributed by atoms with Gasteiger partial charge in [-0.2, -0.15) is 0 Å². The number of hydrogen-bond donors (Lipinski definition) is 2. The lowest BCUT2D eigenvalue weighted by atomic mass is 9.81. The third-order valence-electron chi connectivity index (χ3n) is 5.30. The van der Waals surface area contributed by atoms with E-state index in [-0.39, 0.29) is 11.8 Å². The molecule has 0 radical (unpaired) electrons. The number of likely N-dealkylation sites (tertiary alicyclic amines) is 1. The number of amides is 2. The predicted octanol–water partition coefficient (Wildman–Crippen LogP) is 2.71. The molecule has 5 nitrogen and oxygen atoms in total. The maximum absolute atomic E-state index is 12.2. The average Bonchev–Trinajstić information content (AvgIpc) is 3.15. The summed E-state index contributed by atoms with van der Waals surface area (Å²) < 4.78 is 0. The summed E-state index contributed by atoms with van der Waals surface area (Å²) in [6.07, 6.45) is 2.67. The number of anilines is 1. The van der Waals surface area contributed by atoms with E-state index in [0.717, 1.165) is 24.2 Å². The Morgan fingerprint density at radius 2 is 1.67 bits per heavy atom. The van der Waals surface area contributed by atoms with Crippen LogP contribution in [0.15, 0.2) is 54.6 Å². The molecule has 0 aromatic heterocycles. The first kappa shape index (κ1) is 19.1. The second kappa shape index (κ2) is 8.35. The molecule has 0 spiro atoms. The zero-order chi connectivity index (χ0) is 19.3. The molecule has 142 valence electrons. The summed E-state index contributed by atoms with van der Waals surface area (Å²) in [5, 5.41) is 2.91. The predicted molar refractivity (Wildman–Crippen MR) is 107 cm³/mol. The van der Waals surface area contributed by atoms with Gasteiger partial charge in [0.1, 0.15) is 0 Å². The maximum atomic E-state index is 12.2. The van der Waals surface area contributed by atoms with Gasteiger partial charge in [0.05, 0.1) is 11.8 Å². The Bertz CT molecular complexity index is 783. The monoisotopic (exact) mass is 365 g/mol. The highest BCUT2D eigenvalue weighted by atomic mass is 16.2. The summed E-state index contributed by atoms with van der Waals surface area (Å²) in [5.41, 5.74) is 7.58. The van der Waals surface area contributed by atoms with Crippen LogP contribution in [0.1, 0.15) is 30.9 Å². The number of primary amides is 1. The van der Waals surface area contributed by atoms with Crippen LogP contribution >= 0.6 is 0 Å². The highest BCUT2D eigenvalue weighted by Gasteiger charge is 2.35. The molecule has 5 heteroatoms. The fourth-order valence-electron chi connectivity index (χ4n) is 3.61. The number of rotatable bonds is 7. The third kappa shape index (κ3) is 4.74. The first-order valence-electron chi connectivity index (χ1n) is 9.44. The van der Waals surface area contributed by atoms with Crippen LogP contribution in [0.5, 0.6) is 0 Å². The quantitative estimate of drug-likeness (QED) is 0.792. The number of nitrogens with zero attached hydrogens (tertiary/aromatic N) is 1. The van der Waals surface area contributed by atoms with Crippen molar-refractivity contribution in [2.75, 3.05) is 25.0 Å². The normalized spacial score (nSPS) is 16.6. The minimum Gasteiger partial charge on any atom is -0.369 e.